The van der Waals surface area contributed by atoms with Crippen molar-refractivity contribution in [3.63, 3.8) is 0 Å². The van der Waals surface area contributed by atoms with E-state index < -0.39 is 0 Å². The summed E-state index contributed by atoms with van der Waals surface area (Å²) < 4.78 is 16.4. The Labute approximate surface area is 219 Å². The first-order valence-electron chi connectivity index (χ1n) is 13.1. The van der Waals surface area contributed by atoms with E-state index >= 15 is 0 Å². The highest BCUT2D eigenvalue weighted by Crippen LogP contribution is 2.33. The first-order chi connectivity index (χ1) is 18.1. The molecule has 3 aromatic rings. The molecule has 0 bridgehead atoms. The van der Waals surface area contributed by atoms with Gasteiger partial charge >= 0.3 is 0 Å². The number of hydrogen-bond donors (Lipinski definition) is 0. The molecule has 0 spiro atoms. The smallest absolute Gasteiger partial charge is 0.254 e. The maximum absolute atomic E-state index is 13.6. The standard InChI is InChI=1S/C30H36N2O5/c1-3-5-6-8-23-10-13-25(14-11-23)30(34)31(16-4-2)21-29(33)32(20-26-9-7-17-35-26)19-24-12-15-27-28(18-24)37-22-36-27/h7,9-15,17-18H,3-6,8,16,19-22H2,1-2H3. The van der Waals surface area contributed by atoms with Crippen molar-refractivity contribution in [3.05, 3.63) is 83.3 Å². The number of ether oxygens (including phenoxy) is 2. The summed E-state index contributed by atoms with van der Waals surface area (Å²) in [5, 5.41) is 0. The molecule has 37 heavy (non-hydrogen) atoms. The highest BCUT2D eigenvalue weighted by atomic mass is 16.7. The van der Waals surface area contributed by atoms with Crippen molar-refractivity contribution < 1.29 is 23.5 Å². The van der Waals surface area contributed by atoms with E-state index in [1.54, 1.807) is 22.1 Å². The second kappa shape index (κ2) is 13.0. The van der Waals surface area contributed by atoms with E-state index in [0.29, 0.717) is 42.5 Å². The summed E-state index contributed by atoms with van der Waals surface area (Å²) in [7, 11) is 0. The van der Waals surface area contributed by atoms with Gasteiger partial charge in [0.2, 0.25) is 12.7 Å². The molecule has 4 rings (SSSR count). The molecule has 2 amide bonds. The van der Waals surface area contributed by atoms with Crippen molar-refractivity contribution in [1.29, 1.82) is 0 Å². The quantitative estimate of drug-likeness (QED) is 0.274. The Kier molecular flexibility index (Phi) is 9.24. The molecular formula is C30H36N2O5. The molecule has 0 saturated heterocycles. The highest BCUT2D eigenvalue weighted by Gasteiger charge is 2.24. The molecule has 0 aliphatic carbocycles. The number of unbranched alkanes of at least 4 members (excludes halogenated alkanes) is 2. The van der Waals surface area contributed by atoms with Gasteiger partial charge in [-0.3, -0.25) is 9.59 Å². The van der Waals surface area contributed by atoms with E-state index in [1.807, 2.05) is 55.5 Å². The maximum atomic E-state index is 13.6. The van der Waals surface area contributed by atoms with Gasteiger partial charge < -0.3 is 23.7 Å². The lowest BCUT2D eigenvalue weighted by Gasteiger charge is -2.27. The van der Waals surface area contributed by atoms with Crippen LogP contribution in [0.25, 0.3) is 0 Å². The van der Waals surface area contributed by atoms with E-state index in [0.717, 1.165) is 24.8 Å². The molecule has 196 valence electrons. The third-order valence-corrected chi connectivity index (χ3v) is 6.47. The summed E-state index contributed by atoms with van der Waals surface area (Å²) in [6.45, 7) is 5.56. The van der Waals surface area contributed by atoms with Crippen LogP contribution in [0.15, 0.2) is 65.3 Å². The van der Waals surface area contributed by atoms with Crippen molar-refractivity contribution in [1.82, 2.24) is 9.80 Å². The van der Waals surface area contributed by atoms with Crippen LogP contribution in [-0.2, 0) is 24.3 Å². The van der Waals surface area contributed by atoms with Crippen molar-refractivity contribution >= 4 is 11.8 Å². The summed E-state index contributed by atoms with van der Waals surface area (Å²) in [6.07, 6.45) is 6.90. The fourth-order valence-corrected chi connectivity index (χ4v) is 4.44. The second-order valence-corrected chi connectivity index (χ2v) is 9.40. The molecule has 7 heteroatoms. The topological polar surface area (TPSA) is 72.2 Å². The van der Waals surface area contributed by atoms with Gasteiger partial charge in [-0.1, -0.05) is 44.9 Å². The van der Waals surface area contributed by atoms with E-state index in [1.165, 1.54) is 18.4 Å². The number of amides is 2. The fraction of sp³-hybridized carbons (Fsp3) is 0.400. The van der Waals surface area contributed by atoms with Crippen LogP contribution in [0.2, 0.25) is 0 Å². The molecule has 2 aromatic carbocycles. The van der Waals surface area contributed by atoms with Crippen molar-refractivity contribution in [2.45, 2.75) is 59.0 Å². The lowest BCUT2D eigenvalue weighted by atomic mass is 10.0. The van der Waals surface area contributed by atoms with Gasteiger partial charge in [0.15, 0.2) is 11.5 Å². The maximum Gasteiger partial charge on any atom is 0.254 e. The molecule has 2 heterocycles. The molecule has 0 fully saturated rings. The van der Waals surface area contributed by atoms with Gasteiger partial charge in [-0.25, -0.2) is 0 Å². The van der Waals surface area contributed by atoms with Crippen molar-refractivity contribution in [2.24, 2.45) is 0 Å². The minimum Gasteiger partial charge on any atom is -0.467 e. The summed E-state index contributed by atoms with van der Waals surface area (Å²) in [6, 6.07) is 17.1. The van der Waals surface area contributed by atoms with Crippen LogP contribution in [0.5, 0.6) is 11.5 Å². The lowest BCUT2D eigenvalue weighted by Crippen LogP contribution is -2.42. The molecule has 1 aromatic heterocycles. The van der Waals surface area contributed by atoms with Gasteiger partial charge in [-0.05, 0) is 66.8 Å². The monoisotopic (exact) mass is 504 g/mol. The zero-order valence-electron chi connectivity index (χ0n) is 21.8. The summed E-state index contributed by atoms with van der Waals surface area (Å²) in [5.41, 5.74) is 2.75. The number of rotatable bonds is 13. The van der Waals surface area contributed by atoms with Crippen LogP contribution < -0.4 is 9.47 Å². The average molecular weight is 505 g/mol. The van der Waals surface area contributed by atoms with Gasteiger partial charge in [-0.2, -0.15) is 0 Å². The lowest BCUT2D eigenvalue weighted by molar-refractivity contribution is -0.133. The van der Waals surface area contributed by atoms with E-state index in [-0.39, 0.29) is 25.2 Å². The van der Waals surface area contributed by atoms with Crippen LogP contribution in [-0.4, -0.2) is 41.5 Å². The Bertz CT molecular complexity index is 1160. The predicted molar refractivity (Wildman–Crippen MR) is 141 cm³/mol. The van der Waals surface area contributed by atoms with E-state index in [9.17, 15) is 9.59 Å². The van der Waals surface area contributed by atoms with Gasteiger partial charge in [0.1, 0.15) is 12.3 Å². The highest BCUT2D eigenvalue weighted by molar-refractivity contribution is 5.96. The van der Waals surface area contributed by atoms with Gasteiger partial charge in [-0.15, -0.1) is 0 Å². The number of furan rings is 1. The molecule has 0 saturated carbocycles. The number of hydrogen-bond acceptors (Lipinski definition) is 5. The molecule has 0 N–H and O–H groups in total. The Morgan fingerprint density at radius 3 is 2.35 bits per heavy atom. The average Bonchev–Trinajstić information content (AvgIpc) is 3.60. The summed E-state index contributed by atoms with van der Waals surface area (Å²) in [4.78, 5) is 30.3. The molecule has 0 unspecified atom stereocenters. The van der Waals surface area contributed by atoms with Gasteiger partial charge in [0.25, 0.3) is 5.91 Å². The number of aryl methyl sites for hydroxylation is 1. The predicted octanol–water partition coefficient (Wildman–Crippen LogP) is 5.82. The van der Waals surface area contributed by atoms with Crippen LogP contribution in [0.1, 0.15) is 66.8 Å². The molecule has 7 nitrogen and oxygen atoms in total. The largest absolute Gasteiger partial charge is 0.467 e. The van der Waals surface area contributed by atoms with Crippen molar-refractivity contribution in [2.75, 3.05) is 19.9 Å². The Morgan fingerprint density at radius 2 is 1.62 bits per heavy atom. The Hall–Kier alpha value is -3.74. The minimum atomic E-state index is -0.146. The molecule has 0 radical (unpaired) electrons. The molecular weight excluding hydrogens is 468 g/mol. The molecule has 1 aliphatic heterocycles. The Morgan fingerprint density at radius 1 is 0.838 bits per heavy atom. The van der Waals surface area contributed by atoms with E-state index in [4.69, 9.17) is 13.9 Å². The van der Waals surface area contributed by atoms with Crippen LogP contribution in [0.4, 0.5) is 0 Å². The third-order valence-electron chi connectivity index (χ3n) is 6.47. The summed E-state index contributed by atoms with van der Waals surface area (Å²) in [5.74, 6) is 1.78. The number of benzene rings is 2. The van der Waals surface area contributed by atoms with Crippen LogP contribution in [0.3, 0.4) is 0 Å². The fourth-order valence-electron chi connectivity index (χ4n) is 4.44. The van der Waals surface area contributed by atoms with Gasteiger partial charge in [0, 0.05) is 18.7 Å². The normalized spacial score (nSPS) is 11.9. The van der Waals surface area contributed by atoms with Crippen molar-refractivity contribution in [3.8, 4) is 11.5 Å². The summed E-state index contributed by atoms with van der Waals surface area (Å²) >= 11 is 0. The van der Waals surface area contributed by atoms with Crippen LogP contribution in [0, 0.1) is 0 Å². The third kappa shape index (κ3) is 7.15. The van der Waals surface area contributed by atoms with E-state index in [2.05, 4.69) is 6.92 Å². The molecule has 1 aliphatic rings. The number of nitrogens with zero attached hydrogens (tertiary/aromatic N) is 2. The number of carbonyl (C=O) groups excluding carboxylic acids is 2. The molecule has 0 atom stereocenters. The van der Waals surface area contributed by atoms with Gasteiger partial charge in [0.05, 0.1) is 12.8 Å². The zero-order chi connectivity index (χ0) is 26.0. The Balaban J connectivity index is 1.46. The zero-order valence-corrected chi connectivity index (χ0v) is 21.8. The number of fused-ring (bicyclic) bond motifs is 1. The second-order valence-electron chi connectivity index (χ2n) is 9.40. The number of carbonyl (C=O) groups is 2. The SMILES string of the molecule is CCCCCc1ccc(C(=O)N(CCC)CC(=O)N(Cc2ccc3c(c2)OCO3)Cc2ccco2)cc1. The first kappa shape index (κ1) is 26.3. The van der Waals surface area contributed by atoms with Crippen LogP contribution >= 0.6 is 0 Å². The minimum absolute atomic E-state index is 0.00378. The first-order valence-corrected chi connectivity index (χ1v) is 13.1.